The van der Waals surface area contributed by atoms with Crippen molar-refractivity contribution in [1.82, 2.24) is 14.7 Å². The lowest BCUT2D eigenvalue weighted by atomic mass is 10.1. The van der Waals surface area contributed by atoms with Gasteiger partial charge >= 0.3 is 0 Å². The van der Waals surface area contributed by atoms with E-state index in [1.807, 2.05) is 37.4 Å². The molecule has 4 rings (SSSR count). The molecule has 0 saturated heterocycles. The highest BCUT2D eigenvalue weighted by Crippen LogP contribution is 2.36. The Labute approximate surface area is 200 Å². The van der Waals surface area contributed by atoms with E-state index in [9.17, 15) is 9.50 Å². The molecule has 0 bridgehead atoms. The Morgan fingerprint density at radius 2 is 1.94 bits per heavy atom. The highest BCUT2D eigenvalue weighted by molar-refractivity contribution is 5.65. The second kappa shape index (κ2) is 11.4. The number of aliphatic hydroxyl groups excluding tert-OH is 1. The number of nitrogens with zero attached hydrogens (tertiary/aromatic N) is 3. The molecule has 2 aromatic carbocycles. The molecule has 6 nitrogen and oxygen atoms in total. The fourth-order valence-corrected chi connectivity index (χ4v) is 4.00. The van der Waals surface area contributed by atoms with Crippen LogP contribution in [-0.4, -0.2) is 52.2 Å². The predicted molar refractivity (Wildman–Crippen MR) is 130 cm³/mol. The zero-order valence-electron chi connectivity index (χ0n) is 19.6. The number of benzene rings is 2. The van der Waals surface area contributed by atoms with Crippen molar-refractivity contribution in [2.75, 3.05) is 26.3 Å². The van der Waals surface area contributed by atoms with Crippen molar-refractivity contribution in [1.29, 1.82) is 0 Å². The summed E-state index contributed by atoms with van der Waals surface area (Å²) >= 11 is 0. The fraction of sp³-hybridized carbons (Fsp3) is 0.370. The molecule has 0 aliphatic heterocycles. The van der Waals surface area contributed by atoms with Gasteiger partial charge in [0.05, 0.1) is 24.9 Å². The molecule has 1 fully saturated rings. The molecule has 34 heavy (non-hydrogen) atoms. The number of ether oxygens (including phenoxy) is 2. The number of halogens is 1. The van der Waals surface area contributed by atoms with Crippen molar-refractivity contribution in [3.8, 4) is 22.9 Å². The summed E-state index contributed by atoms with van der Waals surface area (Å²) in [5.74, 6) is 1.46. The Hall–Kier alpha value is -3.00. The first-order chi connectivity index (χ1) is 16.5. The largest absolute Gasteiger partial charge is 0.439 e. The minimum absolute atomic E-state index is 0.255. The number of aryl methyl sites for hydroxylation is 1. The van der Waals surface area contributed by atoms with Crippen LogP contribution in [-0.2, 0) is 18.3 Å². The molecule has 0 amide bonds. The van der Waals surface area contributed by atoms with Crippen LogP contribution in [0.25, 0.3) is 11.3 Å². The average Bonchev–Trinajstić information content (AvgIpc) is 3.60. The van der Waals surface area contributed by atoms with Crippen LogP contribution in [0.15, 0.2) is 67.3 Å². The average molecular weight is 466 g/mol. The Morgan fingerprint density at radius 3 is 2.62 bits per heavy atom. The van der Waals surface area contributed by atoms with Crippen molar-refractivity contribution < 1.29 is 19.0 Å². The number of aromatic nitrogens is 2. The molecule has 1 atom stereocenters. The van der Waals surface area contributed by atoms with E-state index in [0.29, 0.717) is 37.2 Å². The summed E-state index contributed by atoms with van der Waals surface area (Å²) in [6.07, 6.45) is 3.47. The van der Waals surface area contributed by atoms with Gasteiger partial charge in [-0.2, -0.15) is 5.10 Å². The SMILES string of the molecule is C=CCOC[C@@H](O)CN(Cc1c(-c2ccccc2)nn(C)c1Oc1ccc(F)cc1)CC1CC1. The number of hydrogen-bond acceptors (Lipinski definition) is 5. The first kappa shape index (κ1) is 24.1. The van der Waals surface area contributed by atoms with E-state index in [1.54, 1.807) is 22.9 Å². The van der Waals surface area contributed by atoms with Crippen molar-refractivity contribution in [3.05, 3.63) is 78.6 Å². The van der Waals surface area contributed by atoms with Gasteiger partial charge in [0, 0.05) is 32.2 Å². The topological polar surface area (TPSA) is 59.8 Å². The van der Waals surface area contributed by atoms with Crippen LogP contribution in [0.2, 0.25) is 0 Å². The summed E-state index contributed by atoms with van der Waals surface area (Å²) in [4.78, 5) is 2.25. The van der Waals surface area contributed by atoms with Crippen molar-refractivity contribution in [3.63, 3.8) is 0 Å². The zero-order chi connectivity index (χ0) is 23.9. The number of hydrogen-bond donors (Lipinski definition) is 1. The van der Waals surface area contributed by atoms with Crippen LogP contribution < -0.4 is 4.74 Å². The molecule has 1 heterocycles. The van der Waals surface area contributed by atoms with E-state index >= 15 is 0 Å². The number of aliphatic hydroxyl groups is 1. The number of rotatable bonds is 13. The van der Waals surface area contributed by atoms with Crippen LogP contribution in [0.4, 0.5) is 4.39 Å². The third kappa shape index (κ3) is 6.53. The van der Waals surface area contributed by atoms with E-state index in [0.717, 1.165) is 23.4 Å². The Bertz CT molecular complexity index is 1060. The molecule has 1 aliphatic carbocycles. The van der Waals surface area contributed by atoms with E-state index < -0.39 is 6.10 Å². The normalized spacial score (nSPS) is 14.4. The molecule has 1 aromatic heterocycles. The lowest BCUT2D eigenvalue weighted by molar-refractivity contribution is 0.0235. The van der Waals surface area contributed by atoms with Gasteiger partial charge in [0.2, 0.25) is 5.88 Å². The monoisotopic (exact) mass is 465 g/mol. The molecule has 0 unspecified atom stereocenters. The second-order valence-corrected chi connectivity index (χ2v) is 8.80. The lowest BCUT2D eigenvalue weighted by Crippen LogP contribution is -2.36. The molecule has 0 spiro atoms. The van der Waals surface area contributed by atoms with Crippen molar-refractivity contribution in [2.45, 2.75) is 25.5 Å². The van der Waals surface area contributed by atoms with Crippen LogP contribution in [0, 0.1) is 11.7 Å². The summed E-state index contributed by atoms with van der Waals surface area (Å²) in [7, 11) is 1.85. The van der Waals surface area contributed by atoms with Gasteiger partial charge in [-0.1, -0.05) is 36.4 Å². The molecule has 3 aromatic rings. The minimum atomic E-state index is -0.614. The Morgan fingerprint density at radius 1 is 1.21 bits per heavy atom. The molecule has 1 N–H and O–H groups in total. The van der Waals surface area contributed by atoms with E-state index in [4.69, 9.17) is 14.6 Å². The van der Waals surface area contributed by atoms with Gasteiger partial charge < -0.3 is 14.6 Å². The Balaban J connectivity index is 1.63. The summed E-state index contributed by atoms with van der Waals surface area (Å²) in [5.41, 5.74) is 2.75. The van der Waals surface area contributed by atoms with Gasteiger partial charge in [-0.25, -0.2) is 9.07 Å². The molecule has 0 radical (unpaired) electrons. The summed E-state index contributed by atoms with van der Waals surface area (Å²) < 4.78 is 26.8. The van der Waals surface area contributed by atoms with E-state index in [-0.39, 0.29) is 12.4 Å². The molecule has 1 aliphatic rings. The quantitative estimate of drug-likeness (QED) is 0.290. The second-order valence-electron chi connectivity index (χ2n) is 8.80. The third-order valence-corrected chi connectivity index (χ3v) is 5.77. The van der Waals surface area contributed by atoms with Gasteiger partial charge in [-0.05, 0) is 43.0 Å². The maximum Gasteiger partial charge on any atom is 0.222 e. The van der Waals surface area contributed by atoms with Crippen LogP contribution in [0.5, 0.6) is 11.6 Å². The molecule has 1 saturated carbocycles. The lowest BCUT2D eigenvalue weighted by Gasteiger charge is -2.25. The molecule has 180 valence electrons. The highest BCUT2D eigenvalue weighted by Gasteiger charge is 2.28. The van der Waals surface area contributed by atoms with Crippen molar-refractivity contribution >= 4 is 0 Å². The standard InChI is InChI=1S/C27H32FN3O3/c1-3-15-33-19-23(32)17-31(16-20-9-10-20)18-25-26(21-7-5-4-6-8-21)29-30(2)27(25)34-24-13-11-22(28)12-14-24/h3-8,11-14,20,23,32H,1,9-10,15-19H2,2H3/t23-/m0/s1. The fourth-order valence-electron chi connectivity index (χ4n) is 4.00. The van der Waals surface area contributed by atoms with Crippen LogP contribution >= 0.6 is 0 Å². The Kier molecular flexibility index (Phi) is 8.11. The minimum Gasteiger partial charge on any atom is -0.439 e. The zero-order valence-corrected chi connectivity index (χ0v) is 19.6. The highest BCUT2D eigenvalue weighted by atomic mass is 19.1. The molecule has 7 heteroatoms. The first-order valence-electron chi connectivity index (χ1n) is 11.7. The smallest absolute Gasteiger partial charge is 0.222 e. The van der Waals surface area contributed by atoms with Gasteiger partial charge in [0.25, 0.3) is 0 Å². The van der Waals surface area contributed by atoms with Crippen molar-refractivity contribution in [2.24, 2.45) is 13.0 Å². The summed E-state index contributed by atoms with van der Waals surface area (Å²) in [6, 6.07) is 16.0. The predicted octanol–water partition coefficient (Wildman–Crippen LogP) is 4.79. The van der Waals surface area contributed by atoms with Gasteiger partial charge in [-0.15, -0.1) is 6.58 Å². The molecular weight excluding hydrogens is 433 g/mol. The maximum atomic E-state index is 13.4. The van der Waals surface area contributed by atoms with Crippen LogP contribution in [0.3, 0.4) is 0 Å². The summed E-state index contributed by atoms with van der Waals surface area (Å²) in [5, 5.41) is 15.4. The van der Waals surface area contributed by atoms with E-state index in [1.165, 1.54) is 25.0 Å². The van der Waals surface area contributed by atoms with E-state index in [2.05, 4.69) is 11.5 Å². The van der Waals surface area contributed by atoms with Gasteiger partial charge in [0.15, 0.2) is 0 Å². The summed E-state index contributed by atoms with van der Waals surface area (Å²) in [6.45, 7) is 6.24. The first-order valence-corrected chi connectivity index (χ1v) is 11.7. The maximum absolute atomic E-state index is 13.4. The van der Waals surface area contributed by atoms with Gasteiger partial charge in [0.1, 0.15) is 17.3 Å². The van der Waals surface area contributed by atoms with Crippen LogP contribution in [0.1, 0.15) is 18.4 Å². The molecular formula is C27H32FN3O3. The van der Waals surface area contributed by atoms with Gasteiger partial charge in [-0.3, -0.25) is 4.90 Å². The third-order valence-electron chi connectivity index (χ3n) is 5.77.